The topological polar surface area (TPSA) is 33.6 Å². The summed E-state index contributed by atoms with van der Waals surface area (Å²) < 4.78 is 6.85. The molecule has 0 aliphatic heterocycles. The Bertz CT molecular complexity index is 892. The molecule has 0 bridgehead atoms. The molecule has 0 aliphatic rings. The van der Waals surface area contributed by atoms with Crippen molar-refractivity contribution in [1.29, 1.82) is 0 Å². The predicted octanol–water partition coefficient (Wildman–Crippen LogP) is 6.46. The van der Waals surface area contributed by atoms with E-state index in [-0.39, 0.29) is 0 Å². The molecule has 138 valence electrons. The number of benzene rings is 3. The van der Waals surface area contributed by atoms with Crippen molar-refractivity contribution >= 4 is 45.3 Å². The molecule has 3 rings (SSSR count). The molecule has 0 spiro atoms. The smallest absolute Gasteiger partial charge is 0.119 e. The van der Waals surface area contributed by atoms with Crippen molar-refractivity contribution in [3.05, 3.63) is 97.9 Å². The van der Waals surface area contributed by atoms with Crippen molar-refractivity contribution in [1.82, 2.24) is 5.43 Å². The number of hydrogen-bond acceptors (Lipinski definition) is 3. The Labute approximate surface area is 177 Å². The van der Waals surface area contributed by atoms with Crippen molar-refractivity contribution in [3.63, 3.8) is 0 Å². The van der Waals surface area contributed by atoms with E-state index in [0.717, 1.165) is 26.9 Å². The van der Waals surface area contributed by atoms with Crippen molar-refractivity contribution < 1.29 is 4.74 Å². The Morgan fingerprint density at radius 1 is 0.926 bits per heavy atom. The number of halogens is 3. The van der Waals surface area contributed by atoms with Gasteiger partial charge in [0.05, 0.1) is 12.8 Å². The Morgan fingerprint density at radius 2 is 1.59 bits per heavy atom. The average Bonchev–Trinajstić information content (AvgIpc) is 2.67. The highest BCUT2D eigenvalue weighted by atomic mass is 79.9. The zero-order valence-corrected chi connectivity index (χ0v) is 17.4. The van der Waals surface area contributed by atoms with Gasteiger partial charge in [-0.2, -0.15) is 5.10 Å². The SMILES string of the molecule is Clc1cccc(Cl)c1CN/N=C/c1ccc(OCc2ccc(Br)cc2)cc1. The maximum Gasteiger partial charge on any atom is 0.119 e. The van der Waals surface area contributed by atoms with Gasteiger partial charge in [0, 0.05) is 20.1 Å². The Kier molecular flexibility index (Phi) is 7.16. The summed E-state index contributed by atoms with van der Waals surface area (Å²) in [5.74, 6) is 0.811. The zero-order chi connectivity index (χ0) is 19.1. The first-order chi connectivity index (χ1) is 13.1. The molecule has 3 aromatic carbocycles. The fraction of sp³-hybridized carbons (Fsp3) is 0.0952. The highest BCUT2D eigenvalue weighted by Gasteiger charge is 2.03. The first-order valence-electron chi connectivity index (χ1n) is 8.28. The molecule has 0 saturated heterocycles. The van der Waals surface area contributed by atoms with Crippen molar-refractivity contribution in [2.45, 2.75) is 13.2 Å². The molecule has 0 fully saturated rings. The van der Waals surface area contributed by atoms with E-state index in [4.69, 9.17) is 27.9 Å². The molecule has 0 aliphatic carbocycles. The van der Waals surface area contributed by atoms with E-state index in [0.29, 0.717) is 23.2 Å². The largest absolute Gasteiger partial charge is 0.489 e. The molecule has 0 radical (unpaired) electrons. The molecule has 0 heterocycles. The van der Waals surface area contributed by atoms with Gasteiger partial charge in [-0.05, 0) is 59.7 Å². The lowest BCUT2D eigenvalue weighted by Crippen LogP contribution is -2.06. The standard InChI is InChI=1S/C21H17BrCl2N2O/c22-17-8-4-16(5-9-17)14-27-18-10-6-15(7-11-18)12-25-26-13-19-20(23)2-1-3-21(19)24/h1-12,26H,13-14H2/b25-12+. The van der Waals surface area contributed by atoms with E-state index in [9.17, 15) is 0 Å². The quantitative estimate of drug-likeness (QED) is 0.322. The number of nitrogens with zero attached hydrogens (tertiary/aromatic N) is 1. The molecule has 0 aromatic heterocycles. The third kappa shape index (κ3) is 5.99. The van der Waals surface area contributed by atoms with E-state index in [1.807, 2.05) is 54.6 Å². The van der Waals surface area contributed by atoms with Crippen LogP contribution in [-0.4, -0.2) is 6.21 Å². The van der Waals surface area contributed by atoms with E-state index in [2.05, 4.69) is 26.5 Å². The van der Waals surface area contributed by atoms with Gasteiger partial charge in [-0.25, -0.2) is 0 Å². The maximum atomic E-state index is 6.13. The van der Waals surface area contributed by atoms with Gasteiger partial charge in [-0.3, -0.25) is 0 Å². The summed E-state index contributed by atoms with van der Waals surface area (Å²) in [5, 5.41) is 5.46. The van der Waals surface area contributed by atoms with Crippen molar-refractivity contribution in [2.75, 3.05) is 0 Å². The third-order valence-electron chi connectivity index (χ3n) is 3.82. The van der Waals surface area contributed by atoms with Gasteiger partial charge < -0.3 is 10.2 Å². The average molecular weight is 464 g/mol. The number of ether oxygens (including phenoxy) is 1. The first-order valence-corrected chi connectivity index (χ1v) is 9.83. The molecule has 27 heavy (non-hydrogen) atoms. The highest BCUT2D eigenvalue weighted by molar-refractivity contribution is 9.10. The van der Waals surface area contributed by atoms with Gasteiger partial charge in [0.15, 0.2) is 0 Å². The fourth-order valence-corrected chi connectivity index (χ4v) is 3.14. The lowest BCUT2D eigenvalue weighted by atomic mass is 10.2. The second kappa shape index (κ2) is 9.79. The van der Waals surface area contributed by atoms with Crippen LogP contribution in [0.2, 0.25) is 10.0 Å². The normalized spacial score (nSPS) is 10.9. The van der Waals surface area contributed by atoms with E-state index in [1.165, 1.54) is 0 Å². The van der Waals surface area contributed by atoms with Gasteiger partial charge in [0.25, 0.3) is 0 Å². The summed E-state index contributed by atoms with van der Waals surface area (Å²) in [4.78, 5) is 0. The molecule has 0 saturated carbocycles. The van der Waals surface area contributed by atoms with Crippen molar-refractivity contribution in [2.24, 2.45) is 5.10 Å². The molecule has 0 amide bonds. The second-order valence-corrected chi connectivity index (χ2v) is 7.51. The van der Waals surface area contributed by atoms with Gasteiger partial charge in [-0.1, -0.05) is 57.3 Å². The van der Waals surface area contributed by atoms with Gasteiger partial charge in [0.2, 0.25) is 0 Å². The molecular formula is C21H17BrCl2N2O. The molecule has 6 heteroatoms. The summed E-state index contributed by atoms with van der Waals surface area (Å²) in [6.07, 6.45) is 1.74. The Hall–Kier alpha value is -2.01. The van der Waals surface area contributed by atoms with Gasteiger partial charge >= 0.3 is 0 Å². The second-order valence-electron chi connectivity index (χ2n) is 5.78. The molecule has 3 aromatic rings. The summed E-state index contributed by atoms with van der Waals surface area (Å²) in [6, 6.07) is 21.2. The van der Waals surface area contributed by atoms with Crippen LogP contribution in [0.15, 0.2) is 76.3 Å². The zero-order valence-electron chi connectivity index (χ0n) is 14.3. The van der Waals surface area contributed by atoms with Crippen LogP contribution in [0.3, 0.4) is 0 Å². The molecule has 1 N–H and O–H groups in total. The van der Waals surface area contributed by atoms with E-state index >= 15 is 0 Å². The third-order valence-corrected chi connectivity index (χ3v) is 5.06. The summed E-state index contributed by atoms with van der Waals surface area (Å²) in [6.45, 7) is 0.990. The minimum Gasteiger partial charge on any atom is -0.489 e. The van der Waals surface area contributed by atoms with Crippen LogP contribution in [0, 0.1) is 0 Å². The van der Waals surface area contributed by atoms with Crippen LogP contribution in [0.4, 0.5) is 0 Å². The molecule has 0 unspecified atom stereocenters. The molecule has 3 nitrogen and oxygen atoms in total. The number of hydrazone groups is 1. The van der Waals surface area contributed by atoms with Gasteiger partial charge in [-0.15, -0.1) is 0 Å². The number of nitrogens with one attached hydrogen (secondary N) is 1. The lowest BCUT2D eigenvalue weighted by Gasteiger charge is -2.07. The lowest BCUT2D eigenvalue weighted by molar-refractivity contribution is 0.306. The van der Waals surface area contributed by atoms with Crippen LogP contribution in [0.5, 0.6) is 5.75 Å². The highest BCUT2D eigenvalue weighted by Crippen LogP contribution is 2.23. The summed E-state index contributed by atoms with van der Waals surface area (Å²) >= 11 is 15.7. The predicted molar refractivity (Wildman–Crippen MR) is 116 cm³/mol. The monoisotopic (exact) mass is 462 g/mol. The van der Waals surface area contributed by atoms with E-state index < -0.39 is 0 Å². The minimum absolute atomic E-state index is 0.462. The van der Waals surface area contributed by atoms with Crippen molar-refractivity contribution in [3.8, 4) is 5.75 Å². The molecular weight excluding hydrogens is 447 g/mol. The Balaban J connectivity index is 1.50. The summed E-state index contributed by atoms with van der Waals surface area (Å²) in [7, 11) is 0. The van der Waals surface area contributed by atoms with Crippen LogP contribution in [0.25, 0.3) is 0 Å². The fourth-order valence-electron chi connectivity index (χ4n) is 2.34. The summed E-state index contributed by atoms with van der Waals surface area (Å²) in [5.41, 5.74) is 5.87. The van der Waals surface area contributed by atoms with Crippen LogP contribution in [0.1, 0.15) is 16.7 Å². The van der Waals surface area contributed by atoms with Crippen LogP contribution < -0.4 is 10.2 Å². The number of hydrogen-bond donors (Lipinski definition) is 1. The first kappa shape index (κ1) is 19.7. The van der Waals surface area contributed by atoms with Gasteiger partial charge in [0.1, 0.15) is 12.4 Å². The molecule has 0 atom stereocenters. The van der Waals surface area contributed by atoms with E-state index in [1.54, 1.807) is 18.3 Å². The number of rotatable bonds is 7. The van der Waals surface area contributed by atoms with Crippen LogP contribution in [-0.2, 0) is 13.2 Å². The maximum absolute atomic E-state index is 6.13. The minimum atomic E-state index is 0.462. The Morgan fingerprint density at radius 3 is 2.26 bits per heavy atom. The van der Waals surface area contributed by atoms with Crippen LogP contribution >= 0.6 is 39.1 Å².